The van der Waals surface area contributed by atoms with Gasteiger partial charge in [-0.25, -0.2) is 13.4 Å². The third-order valence-electron chi connectivity index (χ3n) is 3.38. The third kappa shape index (κ3) is 3.32. The second-order valence-corrected chi connectivity index (χ2v) is 8.07. The second-order valence-electron chi connectivity index (χ2n) is 4.90. The number of aryl methyl sites for hydroxylation is 1. The van der Waals surface area contributed by atoms with E-state index in [0.29, 0.717) is 5.13 Å². The molecule has 0 aliphatic carbocycles. The number of likely N-dealkylation sites (N-methyl/N-ethyl adjacent to an activating group) is 1. The number of aliphatic hydroxyl groups is 1. The number of aromatic nitrogens is 1. The van der Waals surface area contributed by atoms with Gasteiger partial charge >= 0.3 is 51.4 Å². The van der Waals surface area contributed by atoms with Crippen LogP contribution < -0.4 is 5.32 Å². The number of rotatable bonds is 2. The van der Waals surface area contributed by atoms with Crippen LogP contribution in [0.25, 0.3) is 5.76 Å². The minimum absolute atomic E-state index is 0. The molecule has 10 heteroatoms. The van der Waals surface area contributed by atoms with Gasteiger partial charge in [-0.1, -0.05) is 12.1 Å². The number of carbonyl (C=O) groups excluding carboxylic acids is 1. The molecule has 0 radical (unpaired) electrons. The SMILES string of the molecule is Cc1cnc(NC(=O)C2=C(O)c3ccccc3S(=O)(=O)N2C)s1.[KH]. The van der Waals surface area contributed by atoms with Crippen LogP contribution in [0, 0.1) is 6.92 Å². The summed E-state index contributed by atoms with van der Waals surface area (Å²) < 4.78 is 25.8. The Bertz CT molecular complexity index is 937. The van der Waals surface area contributed by atoms with Gasteiger partial charge in [0.2, 0.25) is 0 Å². The summed E-state index contributed by atoms with van der Waals surface area (Å²) in [6, 6.07) is 5.99. The number of fused-ring (bicyclic) bond motifs is 1. The Kier molecular flexibility index (Phi) is 5.90. The molecule has 1 aliphatic heterocycles. The number of nitrogens with one attached hydrogen (secondary N) is 1. The Labute approximate surface area is 185 Å². The molecule has 1 aromatic carbocycles. The summed E-state index contributed by atoms with van der Waals surface area (Å²) >= 11 is 1.25. The van der Waals surface area contributed by atoms with E-state index in [-0.39, 0.29) is 73.3 Å². The van der Waals surface area contributed by atoms with Gasteiger partial charge in [0.15, 0.2) is 16.6 Å². The normalized spacial score (nSPS) is 15.5. The Morgan fingerprint density at radius 1 is 1.33 bits per heavy atom. The molecule has 1 amide bonds. The van der Waals surface area contributed by atoms with Crippen molar-refractivity contribution in [2.45, 2.75) is 11.8 Å². The first-order valence-corrected chi connectivity index (χ1v) is 8.83. The standard InChI is InChI=1S/C14H13N3O4S2.K.H/c1-8-7-15-14(22-8)16-13(19)11-12(18)9-5-3-4-6-10(9)23(20,21)17(11)2;;/h3-7,18H,1-2H3,(H,15,16,19);;. The second kappa shape index (κ2) is 7.24. The van der Waals surface area contributed by atoms with Gasteiger partial charge < -0.3 is 5.11 Å². The number of aliphatic hydroxyl groups excluding tert-OH is 1. The van der Waals surface area contributed by atoms with Gasteiger partial charge in [0.05, 0.1) is 4.90 Å². The summed E-state index contributed by atoms with van der Waals surface area (Å²) in [5.41, 5.74) is -0.234. The van der Waals surface area contributed by atoms with E-state index in [2.05, 4.69) is 10.3 Å². The predicted molar refractivity (Wildman–Crippen MR) is 93.6 cm³/mol. The van der Waals surface area contributed by atoms with E-state index in [9.17, 15) is 18.3 Å². The zero-order chi connectivity index (χ0) is 16.8. The van der Waals surface area contributed by atoms with Gasteiger partial charge in [-0.05, 0) is 19.1 Å². The van der Waals surface area contributed by atoms with Crippen LogP contribution in [0.1, 0.15) is 10.4 Å². The molecule has 3 rings (SSSR count). The zero-order valence-electron chi connectivity index (χ0n) is 12.3. The van der Waals surface area contributed by atoms with Crippen LogP contribution in [0.5, 0.6) is 0 Å². The van der Waals surface area contributed by atoms with Crippen molar-refractivity contribution in [3.05, 3.63) is 46.6 Å². The van der Waals surface area contributed by atoms with Crippen LogP contribution in [0.4, 0.5) is 5.13 Å². The summed E-state index contributed by atoms with van der Waals surface area (Å²) in [6.45, 7) is 1.83. The molecule has 1 aliphatic rings. The summed E-state index contributed by atoms with van der Waals surface area (Å²) in [4.78, 5) is 17.3. The van der Waals surface area contributed by atoms with Crippen molar-refractivity contribution in [3.63, 3.8) is 0 Å². The van der Waals surface area contributed by atoms with E-state index in [1.807, 2.05) is 6.92 Å². The molecule has 0 atom stereocenters. The quantitative estimate of drug-likeness (QED) is 0.752. The van der Waals surface area contributed by atoms with Crippen LogP contribution in [-0.2, 0) is 14.8 Å². The Balaban J connectivity index is 0.00000208. The number of hydrogen-bond donors (Lipinski definition) is 2. The summed E-state index contributed by atoms with van der Waals surface area (Å²) in [5.74, 6) is -1.12. The van der Waals surface area contributed by atoms with Gasteiger partial charge in [-0.2, -0.15) is 0 Å². The number of sulfonamides is 1. The number of benzene rings is 1. The topological polar surface area (TPSA) is 99.6 Å². The van der Waals surface area contributed by atoms with Gasteiger partial charge in [-0.3, -0.25) is 14.4 Å². The first kappa shape index (κ1) is 19.6. The molecule has 24 heavy (non-hydrogen) atoms. The fraction of sp³-hybridized carbons (Fsp3) is 0.143. The van der Waals surface area contributed by atoms with Crippen molar-refractivity contribution in [2.75, 3.05) is 12.4 Å². The van der Waals surface area contributed by atoms with Crippen LogP contribution in [-0.4, -0.2) is 87.2 Å². The van der Waals surface area contributed by atoms with E-state index in [1.165, 1.54) is 30.5 Å². The van der Waals surface area contributed by atoms with Gasteiger partial charge in [-0.15, -0.1) is 11.3 Å². The summed E-state index contributed by atoms with van der Waals surface area (Å²) in [6.07, 6.45) is 1.59. The van der Waals surface area contributed by atoms with Crippen LogP contribution in [0.15, 0.2) is 41.1 Å². The molecule has 2 N–H and O–H groups in total. The Morgan fingerprint density at radius 3 is 2.62 bits per heavy atom. The maximum absolute atomic E-state index is 12.5. The molecule has 2 aromatic rings. The van der Waals surface area contributed by atoms with E-state index >= 15 is 0 Å². The molecule has 1 aromatic heterocycles. The fourth-order valence-electron chi connectivity index (χ4n) is 2.25. The van der Waals surface area contributed by atoms with Gasteiger partial charge in [0, 0.05) is 23.7 Å². The van der Waals surface area contributed by atoms with Crippen LogP contribution >= 0.6 is 11.3 Å². The number of nitrogens with zero attached hydrogens (tertiary/aromatic N) is 2. The number of anilines is 1. The monoisotopic (exact) mass is 391 g/mol. The summed E-state index contributed by atoms with van der Waals surface area (Å²) in [5, 5.41) is 13.2. The molecule has 0 saturated carbocycles. The van der Waals surface area contributed by atoms with Crippen molar-refractivity contribution in [1.82, 2.24) is 9.29 Å². The number of thiazole rings is 1. The summed E-state index contributed by atoms with van der Waals surface area (Å²) in [7, 11) is -2.67. The van der Waals surface area contributed by atoms with E-state index in [0.717, 1.165) is 9.18 Å². The Hall–Kier alpha value is -0.754. The first-order chi connectivity index (χ1) is 10.8. The molecule has 122 valence electrons. The number of amides is 1. The van der Waals surface area contributed by atoms with Gasteiger partial charge in [0.25, 0.3) is 15.9 Å². The van der Waals surface area contributed by atoms with E-state index < -0.39 is 15.9 Å². The van der Waals surface area contributed by atoms with E-state index in [1.54, 1.807) is 18.3 Å². The molecule has 0 spiro atoms. The van der Waals surface area contributed by atoms with Crippen LogP contribution in [0.3, 0.4) is 0 Å². The number of hydrogen-bond acceptors (Lipinski definition) is 6. The van der Waals surface area contributed by atoms with Crippen molar-refractivity contribution in [2.24, 2.45) is 0 Å². The van der Waals surface area contributed by atoms with E-state index in [4.69, 9.17) is 0 Å². The Morgan fingerprint density at radius 2 is 2.00 bits per heavy atom. The average Bonchev–Trinajstić information content (AvgIpc) is 2.91. The van der Waals surface area contributed by atoms with Crippen LogP contribution in [0.2, 0.25) is 0 Å². The molecule has 0 unspecified atom stereocenters. The van der Waals surface area contributed by atoms with Crippen molar-refractivity contribution in [3.8, 4) is 0 Å². The predicted octanol–water partition coefficient (Wildman–Crippen LogP) is 1.30. The minimum atomic E-state index is -3.90. The van der Waals surface area contributed by atoms with Crippen molar-refractivity contribution >= 4 is 89.5 Å². The van der Waals surface area contributed by atoms with Crippen molar-refractivity contribution in [1.29, 1.82) is 0 Å². The third-order valence-corrected chi connectivity index (χ3v) is 6.02. The molecule has 0 fully saturated rings. The first-order valence-electron chi connectivity index (χ1n) is 6.57. The molecule has 0 saturated heterocycles. The molecule has 7 nitrogen and oxygen atoms in total. The fourth-order valence-corrected chi connectivity index (χ4v) is 4.31. The molecular formula is C14H14KN3O4S2. The molecule has 0 bridgehead atoms. The van der Waals surface area contributed by atoms with Gasteiger partial charge in [0.1, 0.15) is 0 Å². The average molecular weight is 392 g/mol. The number of carbonyl (C=O) groups is 1. The zero-order valence-corrected chi connectivity index (χ0v) is 13.9. The van der Waals surface area contributed by atoms with Crippen molar-refractivity contribution < 1.29 is 18.3 Å². The maximum atomic E-state index is 12.5. The molecule has 2 heterocycles. The molecular weight excluding hydrogens is 377 g/mol.